The molecule has 1 aromatic carbocycles. The molecule has 3 rings (SSSR count). The Bertz CT molecular complexity index is 606. The summed E-state index contributed by atoms with van der Waals surface area (Å²) in [6, 6.07) is 8.45. The van der Waals surface area contributed by atoms with Gasteiger partial charge in [0.25, 0.3) is 0 Å². The minimum atomic E-state index is 0.333. The maximum atomic E-state index is 12.8. The first kappa shape index (κ1) is 20.8. The van der Waals surface area contributed by atoms with E-state index in [0.717, 1.165) is 19.5 Å². The number of hydrogen-bond acceptors (Lipinski definition) is 2. The third-order valence-electron chi connectivity index (χ3n) is 6.73. The van der Waals surface area contributed by atoms with Gasteiger partial charge in [0.1, 0.15) is 0 Å². The van der Waals surface area contributed by atoms with Gasteiger partial charge in [-0.05, 0) is 61.8 Å². The molecule has 150 valence electrons. The Hall–Kier alpha value is -0.960. The third-order valence-corrected chi connectivity index (χ3v) is 8.29. The largest absolute Gasteiger partial charge is 0.342 e. The fourth-order valence-corrected chi connectivity index (χ4v) is 6.71. The lowest BCUT2D eigenvalue weighted by molar-refractivity contribution is -0.131. The molecule has 1 saturated carbocycles. The van der Waals surface area contributed by atoms with Crippen LogP contribution < -0.4 is 0 Å². The first-order chi connectivity index (χ1) is 13.1. The van der Waals surface area contributed by atoms with Gasteiger partial charge in [0.2, 0.25) is 5.91 Å². The molecule has 0 radical (unpaired) electrons. The number of hydrogen-bond donors (Lipinski definition) is 0. The van der Waals surface area contributed by atoms with Crippen molar-refractivity contribution in [2.75, 3.05) is 18.8 Å². The average molecular weight is 388 g/mol. The van der Waals surface area contributed by atoms with Crippen molar-refractivity contribution in [1.29, 1.82) is 0 Å². The van der Waals surface area contributed by atoms with Crippen molar-refractivity contribution >= 4 is 17.7 Å². The SMILES string of the molecule is CCN(CC1CC2(CCCCCCC2)CS1)C(=O)CCc1ccccc1C. The highest BCUT2D eigenvalue weighted by atomic mass is 32.2. The Morgan fingerprint density at radius 1 is 1.15 bits per heavy atom. The summed E-state index contributed by atoms with van der Waals surface area (Å²) < 4.78 is 0. The number of carbonyl (C=O) groups is 1. The zero-order valence-corrected chi connectivity index (χ0v) is 18.2. The Morgan fingerprint density at radius 2 is 1.85 bits per heavy atom. The standard InChI is InChI=1S/C24H37NOS/c1-3-25(23(26)14-13-21-12-8-7-11-20(21)2)18-22-17-24(19-27-22)15-9-5-4-6-10-16-24/h7-8,11-12,22H,3-6,9-10,13-19H2,1-2H3. The van der Waals surface area contributed by atoms with Crippen LogP contribution in [0.25, 0.3) is 0 Å². The van der Waals surface area contributed by atoms with Gasteiger partial charge in [-0.3, -0.25) is 4.79 Å². The van der Waals surface area contributed by atoms with Crippen molar-refractivity contribution in [2.45, 2.75) is 83.3 Å². The lowest BCUT2D eigenvalue weighted by atomic mass is 9.75. The van der Waals surface area contributed by atoms with E-state index in [2.05, 4.69) is 54.8 Å². The Labute approximate surface area is 170 Å². The molecule has 27 heavy (non-hydrogen) atoms. The van der Waals surface area contributed by atoms with Crippen LogP contribution in [0, 0.1) is 12.3 Å². The molecular formula is C24H37NOS. The summed E-state index contributed by atoms with van der Waals surface area (Å²) in [7, 11) is 0. The molecule has 1 heterocycles. The van der Waals surface area contributed by atoms with Crippen LogP contribution in [0.15, 0.2) is 24.3 Å². The molecule has 1 aromatic rings. The highest BCUT2D eigenvalue weighted by molar-refractivity contribution is 8.00. The van der Waals surface area contributed by atoms with E-state index in [0.29, 0.717) is 23.0 Å². The van der Waals surface area contributed by atoms with Crippen LogP contribution in [0.1, 0.15) is 75.8 Å². The number of thioether (sulfide) groups is 1. The zero-order chi connectivity index (χ0) is 19.1. The van der Waals surface area contributed by atoms with Gasteiger partial charge in [-0.2, -0.15) is 11.8 Å². The monoisotopic (exact) mass is 387 g/mol. The predicted molar refractivity (Wildman–Crippen MR) is 117 cm³/mol. The summed E-state index contributed by atoms with van der Waals surface area (Å²) in [4.78, 5) is 15.0. The Morgan fingerprint density at radius 3 is 2.56 bits per heavy atom. The highest BCUT2D eigenvalue weighted by Gasteiger charge is 2.39. The van der Waals surface area contributed by atoms with Gasteiger partial charge in [0, 0.05) is 24.8 Å². The molecule has 1 aliphatic heterocycles. The molecule has 0 N–H and O–H groups in total. The molecule has 0 aromatic heterocycles. The molecule has 2 nitrogen and oxygen atoms in total. The quantitative estimate of drug-likeness (QED) is 0.595. The first-order valence-corrected chi connectivity index (χ1v) is 12.1. The van der Waals surface area contributed by atoms with E-state index in [9.17, 15) is 4.79 Å². The molecule has 2 aliphatic rings. The summed E-state index contributed by atoms with van der Waals surface area (Å²) >= 11 is 2.15. The second kappa shape index (κ2) is 10.0. The molecule has 0 bridgehead atoms. The van der Waals surface area contributed by atoms with E-state index < -0.39 is 0 Å². The van der Waals surface area contributed by atoms with Gasteiger partial charge < -0.3 is 4.90 Å². The fourth-order valence-electron chi connectivity index (χ4n) is 4.96. The topological polar surface area (TPSA) is 20.3 Å². The lowest BCUT2D eigenvalue weighted by Crippen LogP contribution is -2.36. The van der Waals surface area contributed by atoms with Crippen molar-refractivity contribution in [1.82, 2.24) is 4.90 Å². The van der Waals surface area contributed by atoms with Crippen molar-refractivity contribution in [3.05, 3.63) is 35.4 Å². The lowest BCUT2D eigenvalue weighted by Gasteiger charge is -2.31. The van der Waals surface area contributed by atoms with E-state index in [1.807, 2.05) is 0 Å². The van der Waals surface area contributed by atoms with Gasteiger partial charge >= 0.3 is 0 Å². The summed E-state index contributed by atoms with van der Waals surface area (Å²) in [5.41, 5.74) is 3.19. The van der Waals surface area contributed by atoms with E-state index in [1.54, 1.807) is 0 Å². The Balaban J connectivity index is 1.50. The second-order valence-corrected chi connectivity index (χ2v) is 10.1. The van der Waals surface area contributed by atoms with Crippen LogP contribution in [0.3, 0.4) is 0 Å². The van der Waals surface area contributed by atoms with Crippen molar-refractivity contribution in [3.8, 4) is 0 Å². The highest BCUT2D eigenvalue weighted by Crippen LogP contribution is 2.49. The minimum absolute atomic E-state index is 0.333. The smallest absolute Gasteiger partial charge is 0.222 e. The maximum absolute atomic E-state index is 12.8. The van der Waals surface area contributed by atoms with Gasteiger partial charge in [-0.1, -0.05) is 56.4 Å². The van der Waals surface area contributed by atoms with Gasteiger partial charge in [-0.15, -0.1) is 0 Å². The van der Waals surface area contributed by atoms with Crippen LogP contribution in [0.4, 0.5) is 0 Å². The number of amides is 1. The Kier molecular flexibility index (Phi) is 7.69. The van der Waals surface area contributed by atoms with Crippen molar-refractivity contribution < 1.29 is 4.79 Å². The van der Waals surface area contributed by atoms with E-state index >= 15 is 0 Å². The molecule has 1 saturated heterocycles. The third kappa shape index (κ3) is 5.76. The van der Waals surface area contributed by atoms with Crippen LogP contribution in [0.5, 0.6) is 0 Å². The zero-order valence-electron chi connectivity index (χ0n) is 17.3. The molecule has 2 fully saturated rings. The summed E-state index contributed by atoms with van der Waals surface area (Å²) in [5.74, 6) is 1.66. The first-order valence-electron chi connectivity index (χ1n) is 11.1. The minimum Gasteiger partial charge on any atom is -0.342 e. The van der Waals surface area contributed by atoms with Gasteiger partial charge in [0.15, 0.2) is 0 Å². The second-order valence-electron chi connectivity index (χ2n) is 8.76. The summed E-state index contributed by atoms with van der Waals surface area (Å²) in [5, 5.41) is 0.645. The number of rotatable bonds is 6. The summed E-state index contributed by atoms with van der Waals surface area (Å²) in [6.07, 6.45) is 12.8. The molecule has 1 spiro atoms. The molecule has 1 unspecified atom stereocenters. The number of benzene rings is 1. The average Bonchev–Trinajstić information content (AvgIpc) is 3.06. The summed E-state index contributed by atoms with van der Waals surface area (Å²) in [6.45, 7) is 6.07. The maximum Gasteiger partial charge on any atom is 0.222 e. The van der Waals surface area contributed by atoms with Crippen LogP contribution in [-0.4, -0.2) is 34.9 Å². The van der Waals surface area contributed by atoms with Crippen LogP contribution >= 0.6 is 11.8 Å². The number of carbonyl (C=O) groups excluding carboxylic acids is 1. The molecule has 1 atom stereocenters. The number of nitrogens with zero attached hydrogens (tertiary/aromatic N) is 1. The molecular weight excluding hydrogens is 350 g/mol. The number of aryl methyl sites for hydroxylation is 2. The normalized spacial score (nSPS) is 22.4. The van der Waals surface area contributed by atoms with Crippen molar-refractivity contribution in [2.24, 2.45) is 5.41 Å². The predicted octanol–water partition coefficient (Wildman–Crippen LogP) is 6.01. The van der Waals surface area contributed by atoms with E-state index in [-0.39, 0.29) is 0 Å². The molecule has 1 aliphatic carbocycles. The fraction of sp³-hybridized carbons (Fsp3) is 0.708. The van der Waals surface area contributed by atoms with E-state index in [1.165, 1.54) is 68.2 Å². The van der Waals surface area contributed by atoms with Crippen LogP contribution in [0.2, 0.25) is 0 Å². The molecule has 1 amide bonds. The van der Waals surface area contributed by atoms with E-state index in [4.69, 9.17) is 0 Å². The van der Waals surface area contributed by atoms with Gasteiger partial charge in [0.05, 0.1) is 0 Å². The van der Waals surface area contributed by atoms with Crippen LogP contribution in [-0.2, 0) is 11.2 Å². The molecule has 3 heteroatoms. The van der Waals surface area contributed by atoms with Gasteiger partial charge in [-0.25, -0.2) is 0 Å². The van der Waals surface area contributed by atoms with Crippen molar-refractivity contribution in [3.63, 3.8) is 0 Å².